The summed E-state index contributed by atoms with van der Waals surface area (Å²) in [5, 5.41) is 11.7. The van der Waals surface area contributed by atoms with E-state index in [4.69, 9.17) is 11.6 Å². The van der Waals surface area contributed by atoms with E-state index in [1.807, 2.05) is 0 Å². The minimum atomic E-state index is -1.36. The van der Waals surface area contributed by atoms with Crippen LogP contribution in [0, 0.1) is 17.5 Å². The zero-order chi connectivity index (χ0) is 25.8. The lowest BCUT2D eigenvalue weighted by atomic mass is 9.98. The molecule has 2 unspecified atom stereocenters. The summed E-state index contributed by atoms with van der Waals surface area (Å²) in [5.41, 5.74) is 0.737. The molecule has 1 fully saturated rings. The standard InChI is InChI=1S/C26H18ClF3N2O4/c27-16-2-1-3-17(28)23(16)24(34)31-20(25(35)36)8-13-4-6-14(7-5-13)32-12-26(11-22(26)33)15-9-18(29)19(30)10-21(15)32/h1-7,9-10,20H,8,11-12H2,(H,31,34)(H,35,36). The van der Waals surface area contributed by atoms with E-state index in [-0.39, 0.29) is 30.2 Å². The number of carbonyl (C=O) groups excluding carboxylic acids is 2. The lowest BCUT2D eigenvalue weighted by Crippen LogP contribution is -2.42. The molecule has 10 heteroatoms. The summed E-state index contributed by atoms with van der Waals surface area (Å²) < 4.78 is 41.9. The lowest BCUT2D eigenvalue weighted by molar-refractivity contribution is -0.139. The Morgan fingerprint density at radius 1 is 1.06 bits per heavy atom. The van der Waals surface area contributed by atoms with Crippen LogP contribution in [-0.2, 0) is 21.4 Å². The van der Waals surface area contributed by atoms with Crippen LogP contribution in [0.2, 0.25) is 5.02 Å². The van der Waals surface area contributed by atoms with Gasteiger partial charge in [-0.3, -0.25) is 9.59 Å². The summed E-state index contributed by atoms with van der Waals surface area (Å²) >= 11 is 5.90. The average molecular weight is 515 g/mol. The van der Waals surface area contributed by atoms with Crippen molar-refractivity contribution in [3.63, 3.8) is 0 Å². The molecule has 0 aromatic heterocycles. The molecule has 3 aromatic rings. The van der Waals surface area contributed by atoms with Gasteiger partial charge in [0.15, 0.2) is 11.6 Å². The highest BCUT2D eigenvalue weighted by molar-refractivity contribution is 6.33. The molecule has 0 saturated heterocycles. The molecule has 184 valence electrons. The second-order valence-electron chi connectivity index (χ2n) is 8.88. The fraction of sp³-hybridized carbons (Fsp3) is 0.192. The van der Waals surface area contributed by atoms with Gasteiger partial charge in [0.1, 0.15) is 17.6 Å². The normalized spacial score (nSPS) is 18.8. The highest BCUT2D eigenvalue weighted by atomic mass is 35.5. The molecule has 0 bridgehead atoms. The third kappa shape index (κ3) is 3.99. The fourth-order valence-electron chi connectivity index (χ4n) is 4.63. The third-order valence-corrected chi connectivity index (χ3v) is 6.94. The summed E-state index contributed by atoms with van der Waals surface area (Å²) in [6, 6.07) is 11.1. The van der Waals surface area contributed by atoms with E-state index >= 15 is 0 Å². The summed E-state index contributed by atoms with van der Waals surface area (Å²) in [4.78, 5) is 38.1. The molecule has 1 aliphatic heterocycles. The Morgan fingerprint density at radius 3 is 2.33 bits per heavy atom. The van der Waals surface area contributed by atoms with Crippen molar-refractivity contribution in [3.8, 4) is 0 Å². The molecule has 1 amide bonds. The summed E-state index contributed by atoms with van der Waals surface area (Å²) in [5.74, 6) is -5.21. The van der Waals surface area contributed by atoms with Crippen LogP contribution in [0.15, 0.2) is 54.6 Å². The minimum absolute atomic E-state index is 0.0381. The number of rotatable bonds is 6. The first-order valence-electron chi connectivity index (χ1n) is 11.0. The minimum Gasteiger partial charge on any atom is -0.480 e. The molecule has 3 aromatic carbocycles. The number of anilines is 2. The Bertz CT molecular complexity index is 1410. The van der Waals surface area contributed by atoms with Gasteiger partial charge in [-0.1, -0.05) is 29.8 Å². The van der Waals surface area contributed by atoms with Crippen molar-refractivity contribution in [2.24, 2.45) is 0 Å². The first-order valence-corrected chi connectivity index (χ1v) is 11.4. The molecule has 1 aliphatic carbocycles. The number of Topliss-reactive ketones (excluding diaryl/α,β-unsaturated/α-hetero) is 1. The number of aliphatic carboxylic acids is 1. The van der Waals surface area contributed by atoms with Gasteiger partial charge in [-0.25, -0.2) is 18.0 Å². The first kappa shape index (κ1) is 23.9. The number of nitrogens with zero attached hydrogens (tertiary/aromatic N) is 1. The van der Waals surface area contributed by atoms with Crippen molar-refractivity contribution < 1.29 is 32.7 Å². The molecule has 1 heterocycles. The molecular weight excluding hydrogens is 497 g/mol. The predicted octanol–water partition coefficient (Wildman–Crippen LogP) is 4.55. The van der Waals surface area contributed by atoms with Gasteiger partial charge in [0, 0.05) is 36.8 Å². The van der Waals surface area contributed by atoms with Gasteiger partial charge in [0.25, 0.3) is 5.91 Å². The van der Waals surface area contributed by atoms with E-state index in [2.05, 4.69) is 5.32 Å². The number of nitrogens with one attached hydrogen (secondary N) is 1. The van der Waals surface area contributed by atoms with Crippen LogP contribution in [0.4, 0.5) is 24.5 Å². The maximum Gasteiger partial charge on any atom is 0.326 e. The summed E-state index contributed by atoms with van der Waals surface area (Å²) in [6.07, 6.45) is 0.151. The van der Waals surface area contributed by atoms with Crippen molar-refractivity contribution >= 4 is 40.6 Å². The topological polar surface area (TPSA) is 86.7 Å². The number of ketones is 1. The van der Waals surface area contributed by atoms with Crippen LogP contribution in [0.1, 0.15) is 27.9 Å². The highest BCUT2D eigenvalue weighted by Crippen LogP contribution is 2.55. The Balaban J connectivity index is 1.36. The molecule has 6 nitrogen and oxygen atoms in total. The zero-order valence-corrected chi connectivity index (χ0v) is 19.3. The summed E-state index contributed by atoms with van der Waals surface area (Å²) in [6.45, 7) is 0.251. The second kappa shape index (κ2) is 8.67. The lowest BCUT2D eigenvalue weighted by Gasteiger charge is -2.21. The maximum atomic E-state index is 14.0. The van der Waals surface area contributed by atoms with E-state index in [1.165, 1.54) is 12.1 Å². The van der Waals surface area contributed by atoms with Crippen LogP contribution in [0.3, 0.4) is 0 Å². The van der Waals surface area contributed by atoms with Gasteiger partial charge in [-0.2, -0.15) is 0 Å². The highest BCUT2D eigenvalue weighted by Gasteiger charge is 2.61. The van der Waals surface area contributed by atoms with Crippen molar-refractivity contribution in [2.45, 2.75) is 24.3 Å². The van der Waals surface area contributed by atoms with Crippen molar-refractivity contribution in [2.75, 3.05) is 11.4 Å². The van der Waals surface area contributed by atoms with E-state index in [9.17, 15) is 32.7 Å². The second-order valence-corrected chi connectivity index (χ2v) is 9.29. The molecule has 2 N–H and O–H groups in total. The molecule has 0 radical (unpaired) electrons. The van der Waals surface area contributed by atoms with Crippen LogP contribution < -0.4 is 10.2 Å². The predicted molar refractivity (Wildman–Crippen MR) is 125 cm³/mol. The van der Waals surface area contributed by atoms with Crippen molar-refractivity contribution in [1.82, 2.24) is 5.32 Å². The molecular formula is C26H18ClF3N2O4. The van der Waals surface area contributed by atoms with Crippen molar-refractivity contribution in [1.29, 1.82) is 0 Å². The van der Waals surface area contributed by atoms with Gasteiger partial charge in [0.05, 0.1) is 16.0 Å². The molecule has 1 spiro atoms. The number of benzene rings is 3. The summed E-state index contributed by atoms with van der Waals surface area (Å²) in [7, 11) is 0. The fourth-order valence-corrected chi connectivity index (χ4v) is 4.87. The van der Waals surface area contributed by atoms with Crippen LogP contribution >= 0.6 is 11.6 Å². The molecule has 1 saturated carbocycles. The molecule has 36 heavy (non-hydrogen) atoms. The van der Waals surface area contributed by atoms with Gasteiger partial charge in [-0.05, 0) is 41.5 Å². The number of carbonyl (C=O) groups is 3. The number of hydrogen-bond donors (Lipinski definition) is 2. The SMILES string of the molecule is O=C(NC(Cc1ccc(N2CC3(CC3=O)c3cc(F)c(F)cc32)cc1)C(=O)O)c1c(F)cccc1Cl. The molecule has 2 atom stereocenters. The van der Waals surface area contributed by atoms with E-state index in [1.54, 1.807) is 29.2 Å². The number of halogens is 4. The quantitative estimate of drug-likeness (QED) is 0.504. The number of carboxylic acids is 1. The number of hydrogen-bond acceptors (Lipinski definition) is 4. The molecule has 5 rings (SSSR count). The largest absolute Gasteiger partial charge is 0.480 e. The zero-order valence-electron chi connectivity index (χ0n) is 18.5. The van der Waals surface area contributed by atoms with Gasteiger partial charge < -0.3 is 15.3 Å². The Labute approximate surface area is 208 Å². The Hall–Kier alpha value is -3.85. The van der Waals surface area contributed by atoms with Crippen LogP contribution in [-0.4, -0.2) is 35.4 Å². The van der Waals surface area contributed by atoms with E-state index in [0.717, 1.165) is 18.2 Å². The first-order chi connectivity index (χ1) is 17.1. The van der Waals surface area contributed by atoms with Crippen molar-refractivity contribution in [3.05, 3.63) is 93.8 Å². The van der Waals surface area contributed by atoms with Gasteiger partial charge >= 0.3 is 5.97 Å². The Kier molecular flexibility index (Phi) is 5.75. The third-order valence-electron chi connectivity index (χ3n) is 6.63. The number of amides is 1. The number of carboxylic acid groups (broad SMARTS) is 1. The molecule has 2 aliphatic rings. The van der Waals surface area contributed by atoms with E-state index in [0.29, 0.717) is 22.5 Å². The smallest absolute Gasteiger partial charge is 0.326 e. The van der Waals surface area contributed by atoms with Gasteiger partial charge in [0.2, 0.25) is 0 Å². The average Bonchev–Trinajstić information content (AvgIpc) is 3.38. The monoisotopic (exact) mass is 514 g/mol. The van der Waals surface area contributed by atoms with Gasteiger partial charge in [-0.15, -0.1) is 0 Å². The Morgan fingerprint density at radius 2 is 1.72 bits per heavy atom. The number of fused-ring (bicyclic) bond motifs is 2. The maximum absolute atomic E-state index is 14.0. The van der Waals surface area contributed by atoms with Crippen LogP contribution in [0.25, 0.3) is 0 Å². The van der Waals surface area contributed by atoms with E-state index < -0.39 is 46.3 Å². The van der Waals surface area contributed by atoms with Crippen LogP contribution in [0.5, 0.6) is 0 Å².